The number of hydrogen-bond acceptors (Lipinski definition) is 12. The van der Waals surface area contributed by atoms with Gasteiger partial charge in [0.1, 0.15) is 55.4 Å². The highest BCUT2D eigenvalue weighted by atomic mass is 19.4. The van der Waals surface area contributed by atoms with Gasteiger partial charge in [-0.25, -0.2) is 0 Å². The molecule has 1 fully saturated rings. The molecule has 0 saturated heterocycles. The van der Waals surface area contributed by atoms with E-state index in [-0.39, 0.29) is 87.5 Å². The zero-order chi connectivity index (χ0) is 49.3. The fourth-order valence-corrected chi connectivity index (χ4v) is 8.15. The van der Waals surface area contributed by atoms with Gasteiger partial charge in [-0.05, 0) is 92.7 Å². The lowest BCUT2D eigenvalue weighted by Crippen LogP contribution is -2.56. The van der Waals surface area contributed by atoms with Gasteiger partial charge in [-0.15, -0.1) is 0 Å². The second-order valence-electron chi connectivity index (χ2n) is 16.7. The van der Waals surface area contributed by atoms with Gasteiger partial charge < -0.3 is 52.8 Å². The number of rotatable bonds is 16. The van der Waals surface area contributed by atoms with Gasteiger partial charge in [0.25, 0.3) is 5.91 Å². The van der Waals surface area contributed by atoms with Crippen molar-refractivity contribution in [3.63, 3.8) is 0 Å². The molecule has 360 valence electrons. The van der Waals surface area contributed by atoms with Gasteiger partial charge in [-0.1, -0.05) is 36.4 Å². The molecule has 17 nitrogen and oxygen atoms in total. The van der Waals surface area contributed by atoms with Gasteiger partial charge >= 0.3 is 6.18 Å². The van der Waals surface area contributed by atoms with Crippen LogP contribution in [0.15, 0.2) is 72.8 Å². The van der Waals surface area contributed by atoms with E-state index in [1.54, 1.807) is 61.5 Å². The van der Waals surface area contributed by atoms with Crippen molar-refractivity contribution < 1.29 is 46.6 Å². The Hall–Kier alpha value is -7.08. The fraction of sp³-hybridized carbons (Fsp3) is 0.396. The third-order valence-corrected chi connectivity index (χ3v) is 12.0. The molecule has 0 radical (unpaired) electrons. The van der Waals surface area contributed by atoms with Crippen LogP contribution in [0.5, 0.6) is 11.5 Å². The second-order valence-corrected chi connectivity index (χ2v) is 16.7. The summed E-state index contributed by atoms with van der Waals surface area (Å²) >= 11 is 0. The first-order valence-electron chi connectivity index (χ1n) is 22.1. The van der Waals surface area contributed by atoms with Crippen LogP contribution in [0, 0.1) is 18.3 Å². The third-order valence-electron chi connectivity index (χ3n) is 12.0. The number of amides is 5. The largest absolute Gasteiger partial charge is 0.492 e. The highest BCUT2D eigenvalue weighted by Crippen LogP contribution is 2.59. The van der Waals surface area contributed by atoms with Gasteiger partial charge in [-0.2, -0.15) is 18.4 Å². The van der Waals surface area contributed by atoms with Crippen molar-refractivity contribution in [1.29, 1.82) is 5.26 Å². The second kappa shape index (κ2) is 21.7. The van der Waals surface area contributed by atoms with Crippen molar-refractivity contribution in [2.24, 2.45) is 17.2 Å². The van der Waals surface area contributed by atoms with Crippen LogP contribution < -0.4 is 47.9 Å². The summed E-state index contributed by atoms with van der Waals surface area (Å²) in [5, 5.41) is 19.7. The van der Waals surface area contributed by atoms with Gasteiger partial charge in [0.05, 0.1) is 28.4 Å². The molecule has 1 aromatic heterocycles. The van der Waals surface area contributed by atoms with Gasteiger partial charge in [-0.3, -0.25) is 29.0 Å². The molecule has 1 aliphatic carbocycles. The number of pyridine rings is 1. The lowest BCUT2D eigenvalue weighted by molar-refractivity contribution is -0.160. The van der Waals surface area contributed by atoms with E-state index in [4.69, 9.17) is 31.9 Å². The molecular formula is C48H55F3N10O7. The summed E-state index contributed by atoms with van der Waals surface area (Å²) in [7, 11) is 1.37. The Bertz CT molecular complexity index is 2560. The number of benzene rings is 3. The molecule has 10 N–H and O–H groups in total. The minimum Gasteiger partial charge on any atom is -0.492 e. The molecule has 0 spiro atoms. The molecule has 68 heavy (non-hydrogen) atoms. The van der Waals surface area contributed by atoms with E-state index in [2.05, 4.69) is 26.3 Å². The molecule has 20 heteroatoms. The Morgan fingerprint density at radius 1 is 0.912 bits per heavy atom. The summed E-state index contributed by atoms with van der Waals surface area (Å²) < 4.78 is 53.4. The van der Waals surface area contributed by atoms with Crippen molar-refractivity contribution in [3.8, 4) is 40.0 Å². The van der Waals surface area contributed by atoms with E-state index in [0.29, 0.717) is 39.4 Å². The number of carbonyl (C=O) groups is 5. The number of likely N-dealkylation sites (N-methyl/N-ethyl adjacent to an activating group) is 1. The Labute approximate surface area is 391 Å². The predicted octanol–water partition coefficient (Wildman–Crippen LogP) is 2.83. The summed E-state index contributed by atoms with van der Waals surface area (Å²) in [4.78, 5) is 75.9. The van der Waals surface area contributed by atoms with Crippen LogP contribution in [-0.4, -0.2) is 110 Å². The minimum atomic E-state index is -4.36. The third kappa shape index (κ3) is 11.2. The quantitative estimate of drug-likeness (QED) is 0.0800. The smallest absolute Gasteiger partial charge is 0.398 e. The summed E-state index contributed by atoms with van der Waals surface area (Å²) in [5.41, 5.74) is 19.0. The van der Waals surface area contributed by atoms with Crippen LogP contribution in [-0.2, 0) is 31.0 Å². The van der Waals surface area contributed by atoms with Gasteiger partial charge in [0, 0.05) is 43.2 Å². The minimum absolute atomic E-state index is 0.0248. The molecule has 1 saturated carbocycles. The number of carbonyl (C=O) groups excluding carboxylic acids is 5. The van der Waals surface area contributed by atoms with E-state index < -0.39 is 65.3 Å². The molecule has 4 atom stereocenters. The van der Waals surface area contributed by atoms with E-state index in [1.807, 2.05) is 6.07 Å². The molecule has 2 aliphatic rings. The summed E-state index contributed by atoms with van der Waals surface area (Å²) in [6, 6.07) is 15.7. The molecule has 1 aliphatic heterocycles. The van der Waals surface area contributed by atoms with Crippen LogP contribution >= 0.6 is 0 Å². The number of aromatic nitrogens is 1. The van der Waals surface area contributed by atoms with Crippen molar-refractivity contribution >= 4 is 29.5 Å². The molecule has 6 rings (SSSR count). The first-order chi connectivity index (χ1) is 32.5. The average Bonchev–Trinajstić information content (AvgIpc) is 4.14. The predicted molar refractivity (Wildman–Crippen MR) is 245 cm³/mol. The summed E-state index contributed by atoms with van der Waals surface area (Å²) in [6.45, 7) is 3.17. The molecule has 2 heterocycles. The zero-order valence-corrected chi connectivity index (χ0v) is 37.9. The van der Waals surface area contributed by atoms with E-state index in [9.17, 15) is 37.1 Å². The normalized spacial score (nSPS) is 18.1. The van der Waals surface area contributed by atoms with Crippen LogP contribution in [0.2, 0.25) is 0 Å². The van der Waals surface area contributed by atoms with Crippen LogP contribution in [0.3, 0.4) is 0 Å². The standard InChI is InChI=1S/C48H55F3N10O7/c1-27-33(10-11-36(57-27)30-5-8-32(9-6-30)47(15-16-47)48(49,50)51)43(63)59-37(14-17-52)46(66)61(3)41-31-7-13-40(68-23-20-55)35(26-31)34-24-29(4-12-39(34)67-22-19-54)25-38(44(64)56-21-18-53)60-42(62)28(2)58-45(41)65/h4-13,24,26,28,37-38,41H,14-17,19-23,25,52,54-55H2,1-3H3,(H,56,64)(H,58,65)(H,59,63)(H,60,62)/t28-,37-,38-,41-/m0/s1. The zero-order valence-electron chi connectivity index (χ0n) is 37.9. The van der Waals surface area contributed by atoms with Crippen LogP contribution in [0.4, 0.5) is 13.2 Å². The number of halogens is 3. The van der Waals surface area contributed by atoms with Crippen molar-refractivity contribution in [3.05, 3.63) is 101 Å². The Morgan fingerprint density at radius 2 is 1.56 bits per heavy atom. The number of nitrogens with zero attached hydrogens (tertiary/aromatic N) is 3. The highest BCUT2D eigenvalue weighted by Gasteiger charge is 2.64. The van der Waals surface area contributed by atoms with E-state index in [1.165, 1.54) is 32.2 Å². The maximum atomic E-state index is 14.6. The summed E-state index contributed by atoms with van der Waals surface area (Å²) in [5.74, 6) is -2.87. The van der Waals surface area contributed by atoms with E-state index in [0.717, 1.165) is 4.90 Å². The van der Waals surface area contributed by atoms with Crippen LogP contribution in [0.25, 0.3) is 22.4 Å². The Kier molecular flexibility index (Phi) is 16.1. The molecule has 0 unspecified atom stereocenters. The number of ether oxygens (including phenoxy) is 2. The van der Waals surface area contributed by atoms with E-state index >= 15 is 0 Å². The molecular weight excluding hydrogens is 886 g/mol. The lowest BCUT2D eigenvalue weighted by Gasteiger charge is -2.32. The molecule has 4 aromatic rings. The molecule has 5 amide bonds. The SMILES string of the molecule is Cc1nc(-c2ccc(C3(C(F)(F)F)CC3)cc2)ccc1C(=O)N[C@@H](CCN)C(=O)N(C)[C@@H]1C(=O)N[C@@H](C)C(=O)N[C@H](C(=O)NCC#N)Cc2ccc(OCCN)c(c2)-c2cc1ccc2OCCN. The topological polar surface area (TPSA) is 270 Å². The maximum Gasteiger partial charge on any atom is 0.398 e. The number of fused-ring (bicyclic) bond motifs is 5. The maximum absolute atomic E-state index is 14.6. The lowest BCUT2D eigenvalue weighted by atomic mass is 9.93. The Morgan fingerprint density at radius 3 is 2.15 bits per heavy atom. The highest BCUT2D eigenvalue weighted by molar-refractivity contribution is 6.00. The fourth-order valence-electron chi connectivity index (χ4n) is 8.15. The molecule has 4 bridgehead atoms. The van der Waals surface area contributed by atoms with Gasteiger partial charge in [0.15, 0.2) is 0 Å². The number of alkyl halides is 3. The monoisotopic (exact) mass is 940 g/mol. The average molecular weight is 941 g/mol. The molecule has 3 aromatic carbocycles. The van der Waals surface area contributed by atoms with Crippen LogP contribution in [0.1, 0.15) is 65.0 Å². The number of nitrogens with two attached hydrogens (primary N) is 3. The van der Waals surface area contributed by atoms with Gasteiger partial charge in [0.2, 0.25) is 23.6 Å². The van der Waals surface area contributed by atoms with Crippen molar-refractivity contribution in [2.75, 3.05) is 46.4 Å². The first-order valence-corrected chi connectivity index (χ1v) is 22.1. The number of nitriles is 1. The Balaban J connectivity index is 1.35. The first kappa shape index (κ1) is 50.3. The summed E-state index contributed by atoms with van der Waals surface area (Å²) in [6.07, 6.45) is -4.38. The number of aryl methyl sites for hydroxylation is 1. The van der Waals surface area contributed by atoms with Crippen molar-refractivity contribution in [2.45, 2.75) is 75.3 Å². The van der Waals surface area contributed by atoms with Crippen molar-refractivity contribution in [1.82, 2.24) is 31.2 Å². The number of hydrogen-bond donors (Lipinski definition) is 7. The number of nitrogens with one attached hydrogen (secondary N) is 4.